The SMILES string of the molecule is CC(CN)N(C)C(=O)c1ccc(C2CCCCC2)cc1.Cl. The molecule has 0 aromatic heterocycles. The maximum Gasteiger partial charge on any atom is 0.253 e. The Morgan fingerprint density at radius 1 is 1.24 bits per heavy atom. The third-order valence-electron chi connectivity index (χ3n) is 4.56. The summed E-state index contributed by atoms with van der Waals surface area (Å²) in [7, 11) is 1.81. The molecule has 0 radical (unpaired) electrons. The fourth-order valence-corrected chi connectivity index (χ4v) is 2.90. The van der Waals surface area contributed by atoms with E-state index >= 15 is 0 Å². The van der Waals surface area contributed by atoms with Crippen LogP contribution in [0.15, 0.2) is 24.3 Å². The summed E-state index contributed by atoms with van der Waals surface area (Å²) in [6.45, 7) is 2.46. The number of amides is 1. The summed E-state index contributed by atoms with van der Waals surface area (Å²) in [6.07, 6.45) is 6.62. The molecule has 4 heteroatoms. The summed E-state index contributed by atoms with van der Waals surface area (Å²) in [6, 6.07) is 8.26. The van der Waals surface area contributed by atoms with Gasteiger partial charge in [-0.3, -0.25) is 4.79 Å². The van der Waals surface area contributed by atoms with Crippen LogP contribution in [0.25, 0.3) is 0 Å². The average Bonchev–Trinajstić information content (AvgIpc) is 2.53. The lowest BCUT2D eigenvalue weighted by Crippen LogP contribution is -2.39. The van der Waals surface area contributed by atoms with Crippen molar-refractivity contribution in [1.29, 1.82) is 0 Å². The van der Waals surface area contributed by atoms with Crippen LogP contribution in [0.4, 0.5) is 0 Å². The minimum atomic E-state index is 0. The van der Waals surface area contributed by atoms with Crippen molar-refractivity contribution >= 4 is 18.3 Å². The zero-order valence-electron chi connectivity index (χ0n) is 13.0. The molecule has 1 fully saturated rings. The number of rotatable bonds is 4. The predicted molar refractivity (Wildman–Crippen MR) is 90.1 cm³/mol. The number of nitrogens with two attached hydrogens (primary N) is 1. The van der Waals surface area contributed by atoms with E-state index in [0.717, 1.165) is 5.56 Å². The molecule has 1 aliphatic carbocycles. The zero-order chi connectivity index (χ0) is 14.5. The van der Waals surface area contributed by atoms with Crippen LogP contribution in [-0.4, -0.2) is 30.4 Å². The molecule has 2 N–H and O–H groups in total. The lowest BCUT2D eigenvalue weighted by atomic mass is 9.84. The molecular weight excluding hydrogens is 284 g/mol. The minimum Gasteiger partial charge on any atom is -0.338 e. The van der Waals surface area contributed by atoms with Gasteiger partial charge in [-0.25, -0.2) is 0 Å². The van der Waals surface area contributed by atoms with E-state index in [1.54, 1.807) is 4.90 Å². The molecule has 0 aliphatic heterocycles. The molecule has 0 heterocycles. The minimum absolute atomic E-state index is 0. The van der Waals surface area contributed by atoms with Gasteiger partial charge in [-0.05, 0) is 43.4 Å². The quantitative estimate of drug-likeness (QED) is 0.924. The molecule has 0 saturated heterocycles. The molecule has 1 amide bonds. The monoisotopic (exact) mass is 310 g/mol. The van der Waals surface area contributed by atoms with E-state index in [9.17, 15) is 4.79 Å². The van der Waals surface area contributed by atoms with Gasteiger partial charge in [0.2, 0.25) is 0 Å². The smallest absolute Gasteiger partial charge is 0.253 e. The Labute approximate surface area is 134 Å². The molecular formula is C17H27ClN2O. The van der Waals surface area contributed by atoms with Crippen LogP contribution in [-0.2, 0) is 0 Å². The Morgan fingerprint density at radius 2 is 1.81 bits per heavy atom. The topological polar surface area (TPSA) is 46.3 Å². The highest BCUT2D eigenvalue weighted by molar-refractivity contribution is 5.94. The van der Waals surface area contributed by atoms with Gasteiger partial charge in [0.25, 0.3) is 5.91 Å². The van der Waals surface area contributed by atoms with Gasteiger partial charge >= 0.3 is 0 Å². The van der Waals surface area contributed by atoms with Crippen molar-refractivity contribution in [2.24, 2.45) is 5.73 Å². The van der Waals surface area contributed by atoms with Crippen molar-refractivity contribution in [2.45, 2.75) is 51.0 Å². The molecule has 0 bridgehead atoms. The largest absolute Gasteiger partial charge is 0.338 e. The van der Waals surface area contributed by atoms with Crippen molar-refractivity contribution in [1.82, 2.24) is 4.90 Å². The summed E-state index contributed by atoms with van der Waals surface area (Å²) < 4.78 is 0. The van der Waals surface area contributed by atoms with Crippen molar-refractivity contribution in [3.05, 3.63) is 35.4 Å². The van der Waals surface area contributed by atoms with Gasteiger partial charge in [0.15, 0.2) is 0 Å². The first-order valence-electron chi connectivity index (χ1n) is 7.70. The summed E-state index contributed by atoms with van der Waals surface area (Å²) >= 11 is 0. The van der Waals surface area contributed by atoms with E-state index in [4.69, 9.17) is 5.73 Å². The Morgan fingerprint density at radius 3 is 2.33 bits per heavy atom. The third kappa shape index (κ3) is 4.45. The predicted octanol–water partition coefficient (Wildman–Crippen LogP) is 3.58. The zero-order valence-corrected chi connectivity index (χ0v) is 13.9. The number of benzene rings is 1. The van der Waals surface area contributed by atoms with Gasteiger partial charge in [-0.2, -0.15) is 0 Å². The maximum atomic E-state index is 12.3. The molecule has 1 aromatic rings. The van der Waals surface area contributed by atoms with E-state index in [1.807, 2.05) is 26.1 Å². The summed E-state index contributed by atoms with van der Waals surface area (Å²) in [5.41, 5.74) is 7.76. The standard InChI is InChI=1S/C17H26N2O.ClH/c1-13(12-18)19(2)17(20)16-10-8-15(9-11-16)14-6-4-3-5-7-14;/h8-11,13-14H,3-7,12,18H2,1-2H3;1H. The molecule has 0 spiro atoms. The van der Waals surface area contributed by atoms with Crippen molar-refractivity contribution in [3.8, 4) is 0 Å². The van der Waals surface area contributed by atoms with Gasteiger partial charge in [0, 0.05) is 25.2 Å². The highest BCUT2D eigenvalue weighted by Crippen LogP contribution is 2.32. The number of halogens is 1. The van der Waals surface area contributed by atoms with Gasteiger partial charge in [0.05, 0.1) is 0 Å². The van der Waals surface area contributed by atoms with E-state index in [2.05, 4.69) is 12.1 Å². The number of carbonyl (C=O) groups excluding carboxylic acids is 1. The molecule has 118 valence electrons. The lowest BCUT2D eigenvalue weighted by Gasteiger charge is -2.24. The van der Waals surface area contributed by atoms with Crippen LogP contribution in [0.1, 0.15) is 60.9 Å². The highest BCUT2D eigenvalue weighted by Gasteiger charge is 2.18. The van der Waals surface area contributed by atoms with Gasteiger partial charge in [-0.1, -0.05) is 31.4 Å². The lowest BCUT2D eigenvalue weighted by molar-refractivity contribution is 0.0748. The molecule has 1 aliphatic rings. The number of hydrogen-bond acceptors (Lipinski definition) is 2. The number of likely N-dealkylation sites (N-methyl/N-ethyl adjacent to an activating group) is 1. The highest BCUT2D eigenvalue weighted by atomic mass is 35.5. The Bertz CT molecular complexity index is 441. The van der Waals surface area contributed by atoms with Crippen LogP contribution >= 0.6 is 12.4 Å². The van der Waals surface area contributed by atoms with Crippen LogP contribution in [0.5, 0.6) is 0 Å². The molecule has 1 atom stereocenters. The van der Waals surface area contributed by atoms with E-state index in [1.165, 1.54) is 37.7 Å². The Balaban J connectivity index is 0.00000220. The van der Waals surface area contributed by atoms with Crippen LogP contribution in [0.3, 0.4) is 0 Å². The Kier molecular flexibility index (Phi) is 7.20. The van der Waals surface area contributed by atoms with Gasteiger partial charge < -0.3 is 10.6 Å². The molecule has 1 saturated carbocycles. The first-order valence-corrected chi connectivity index (χ1v) is 7.70. The third-order valence-corrected chi connectivity index (χ3v) is 4.56. The van der Waals surface area contributed by atoms with E-state index < -0.39 is 0 Å². The first-order chi connectivity index (χ1) is 9.63. The van der Waals surface area contributed by atoms with Crippen molar-refractivity contribution in [2.75, 3.05) is 13.6 Å². The van der Waals surface area contributed by atoms with Crippen LogP contribution in [0, 0.1) is 0 Å². The van der Waals surface area contributed by atoms with Gasteiger partial charge in [-0.15, -0.1) is 12.4 Å². The first kappa shape index (κ1) is 18.0. The normalized spacial score (nSPS) is 16.9. The molecule has 3 nitrogen and oxygen atoms in total. The summed E-state index contributed by atoms with van der Waals surface area (Å²) in [5.74, 6) is 0.742. The van der Waals surface area contributed by atoms with Crippen LogP contribution < -0.4 is 5.73 Å². The van der Waals surface area contributed by atoms with Crippen molar-refractivity contribution in [3.63, 3.8) is 0 Å². The van der Waals surface area contributed by atoms with Gasteiger partial charge in [0.1, 0.15) is 0 Å². The number of carbonyl (C=O) groups is 1. The molecule has 1 unspecified atom stereocenters. The number of hydrogen-bond donors (Lipinski definition) is 1. The van der Waals surface area contributed by atoms with Crippen LogP contribution in [0.2, 0.25) is 0 Å². The summed E-state index contributed by atoms with van der Waals surface area (Å²) in [4.78, 5) is 14.0. The fourth-order valence-electron chi connectivity index (χ4n) is 2.90. The second-order valence-electron chi connectivity index (χ2n) is 5.96. The second kappa shape index (κ2) is 8.40. The average molecular weight is 311 g/mol. The van der Waals surface area contributed by atoms with E-state index in [0.29, 0.717) is 12.5 Å². The molecule has 1 aromatic carbocycles. The number of nitrogens with zero attached hydrogens (tertiary/aromatic N) is 1. The second-order valence-corrected chi connectivity index (χ2v) is 5.96. The maximum absolute atomic E-state index is 12.3. The summed E-state index contributed by atoms with van der Waals surface area (Å²) in [5, 5.41) is 0. The molecule has 2 rings (SSSR count). The Hall–Kier alpha value is -1.06. The molecule has 21 heavy (non-hydrogen) atoms. The fraction of sp³-hybridized carbons (Fsp3) is 0.588. The van der Waals surface area contributed by atoms with Crippen molar-refractivity contribution < 1.29 is 4.79 Å². The van der Waals surface area contributed by atoms with E-state index in [-0.39, 0.29) is 24.4 Å².